The molecular formula is C15H20ClN3O3S2. The maximum Gasteiger partial charge on any atom is 0.252 e. The molecule has 1 aliphatic carbocycles. The van der Waals surface area contributed by atoms with Gasteiger partial charge in [-0.05, 0) is 25.0 Å². The first kappa shape index (κ1) is 17.8. The smallest absolute Gasteiger partial charge is 0.252 e. The molecule has 24 heavy (non-hydrogen) atoms. The molecule has 9 heteroatoms. The number of thiophene rings is 1. The van der Waals surface area contributed by atoms with Gasteiger partial charge in [0.2, 0.25) is 5.89 Å². The molecule has 0 saturated heterocycles. The maximum atomic E-state index is 12.4. The van der Waals surface area contributed by atoms with Crippen LogP contribution < -0.4 is 0 Å². The molecule has 2 aromatic heterocycles. The van der Waals surface area contributed by atoms with Gasteiger partial charge >= 0.3 is 0 Å². The van der Waals surface area contributed by atoms with Crippen molar-refractivity contribution in [3.05, 3.63) is 28.2 Å². The van der Waals surface area contributed by atoms with Gasteiger partial charge < -0.3 is 4.52 Å². The van der Waals surface area contributed by atoms with Crippen molar-refractivity contribution >= 4 is 33.0 Å². The number of halogens is 1. The minimum Gasteiger partial charge on any atom is -0.339 e. The average Bonchev–Trinajstić information content (AvgIpc) is 3.22. The lowest BCUT2D eigenvalue weighted by Crippen LogP contribution is -2.28. The Balaban J connectivity index is 1.60. The molecule has 0 radical (unpaired) electrons. The number of hydrogen-bond acceptors (Lipinski definition) is 6. The number of sulfonamides is 1. The van der Waals surface area contributed by atoms with E-state index in [0.717, 1.165) is 24.2 Å². The van der Waals surface area contributed by atoms with Gasteiger partial charge in [-0.15, -0.1) is 11.3 Å². The first-order chi connectivity index (χ1) is 11.5. The van der Waals surface area contributed by atoms with Crippen molar-refractivity contribution in [1.82, 2.24) is 14.4 Å². The monoisotopic (exact) mass is 389 g/mol. The summed E-state index contributed by atoms with van der Waals surface area (Å²) in [5, 5.41) is 4.00. The standard InChI is InChI=1S/C15H20ClN3O3S2/c1-19(24(20,21)14-8-7-12(16)23-14)10-9-13-17-15(22-18-13)11-5-3-2-4-6-11/h7-8,11H,2-6,9-10H2,1H3. The summed E-state index contributed by atoms with van der Waals surface area (Å²) >= 11 is 6.88. The van der Waals surface area contributed by atoms with E-state index in [1.807, 2.05) is 0 Å². The number of nitrogens with zero attached hydrogens (tertiary/aromatic N) is 3. The van der Waals surface area contributed by atoms with Crippen molar-refractivity contribution in [3.63, 3.8) is 0 Å². The molecule has 0 unspecified atom stereocenters. The van der Waals surface area contributed by atoms with E-state index in [4.69, 9.17) is 16.1 Å². The quantitative estimate of drug-likeness (QED) is 0.752. The van der Waals surface area contributed by atoms with Crippen LogP contribution in [0.1, 0.15) is 49.7 Å². The summed E-state index contributed by atoms with van der Waals surface area (Å²) in [6.07, 6.45) is 6.28. The fourth-order valence-electron chi connectivity index (χ4n) is 2.85. The van der Waals surface area contributed by atoms with Crippen molar-refractivity contribution in [2.24, 2.45) is 0 Å². The van der Waals surface area contributed by atoms with Crippen LogP contribution in [0.25, 0.3) is 0 Å². The van der Waals surface area contributed by atoms with Gasteiger partial charge in [0.1, 0.15) is 4.21 Å². The van der Waals surface area contributed by atoms with Gasteiger partial charge in [0.15, 0.2) is 5.82 Å². The van der Waals surface area contributed by atoms with E-state index < -0.39 is 10.0 Å². The minimum atomic E-state index is -3.52. The molecule has 132 valence electrons. The Bertz CT molecular complexity index is 781. The summed E-state index contributed by atoms with van der Waals surface area (Å²) in [6, 6.07) is 3.11. The van der Waals surface area contributed by atoms with Gasteiger partial charge in [-0.1, -0.05) is 36.0 Å². The molecule has 0 aromatic carbocycles. The summed E-state index contributed by atoms with van der Waals surface area (Å²) in [5.74, 6) is 1.61. The molecule has 6 nitrogen and oxygen atoms in total. The largest absolute Gasteiger partial charge is 0.339 e. The van der Waals surface area contributed by atoms with E-state index in [1.54, 1.807) is 13.1 Å². The fraction of sp³-hybridized carbons (Fsp3) is 0.600. The van der Waals surface area contributed by atoms with Crippen LogP contribution >= 0.6 is 22.9 Å². The van der Waals surface area contributed by atoms with Gasteiger partial charge in [-0.2, -0.15) is 9.29 Å². The summed E-state index contributed by atoms with van der Waals surface area (Å²) in [6.45, 7) is 0.293. The highest BCUT2D eigenvalue weighted by atomic mass is 35.5. The maximum absolute atomic E-state index is 12.4. The lowest BCUT2D eigenvalue weighted by Gasteiger charge is -2.17. The zero-order valence-electron chi connectivity index (χ0n) is 13.4. The highest BCUT2D eigenvalue weighted by molar-refractivity contribution is 7.91. The number of rotatable bonds is 6. The number of hydrogen-bond donors (Lipinski definition) is 0. The lowest BCUT2D eigenvalue weighted by atomic mass is 9.89. The van der Waals surface area contributed by atoms with Crippen LogP contribution in [0.3, 0.4) is 0 Å². The first-order valence-electron chi connectivity index (χ1n) is 8.01. The molecule has 0 N–H and O–H groups in total. The molecule has 2 aromatic rings. The van der Waals surface area contributed by atoms with Crippen LogP contribution in [0.2, 0.25) is 4.34 Å². The molecule has 3 rings (SSSR count). The van der Waals surface area contributed by atoms with Crippen LogP contribution in [0.4, 0.5) is 0 Å². The third kappa shape index (κ3) is 3.99. The van der Waals surface area contributed by atoms with E-state index in [9.17, 15) is 8.42 Å². The van der Waals surface area contributed by atoms with Crippen LogP contribution in [0.5, 0.6) is 0 Å². The molecule has 0 spiro atoms. The second-order valence-electron chi connectivity index (χ2n) is 6.02. The van der Waals surface area contributed by atoms with E-state index in [1.165, 1.54) is 29.6 Å². The Morgan fingerprint density at radius 2 is 2.08 bits per heavy atom. The van der Waals surface area contributed by atoms with E-state index >= 15 is 0 Å². The number of likely N-dealkylation sites (N-methyl/N-ethyl adjacent to an activating group) is 1. The Morgan fingerprint density at radius 3 is 2.75 bits per heavy atom. The Kier molecular flexibility index (Phi) is 5.59. The van der Waals surface area contributed by atoms with E-state index in [2.05, 4.69) is 10.1 Å². The third-order valence-electron chi connectivity index (χ3n) is 4.30. The Labute approximate surface area is 150 Å². The summed E-state index contributed by atoms with van der Waals surface area (Å²) in [5.41, 5.74) is 0. The lowest BCUT2D eigenvalue weighted by molar-refractivity contribution is 0.311. The molecule has 0 atom stereocenters. The molecule has 1 fully saturated rings. The minimum absolute atomic E-state index is 0.242. The van der Waals surface area contributed by atoms with Crippen molar-refractivity contribution in [1.29, 1.82) is 0 Å². The Morgan fingerprint density at radius 1 is 1.33 bits per heavy atom. The van der Waals surface area contributed by atoms with E-state index in [-0.39, 0.29) is 4.21 Å². The number of aromatic nitrogens is 2. The molecule has 2 heterocycles. The summed E-state index contributed by atoms with van der Waals surface area (Å²) < 4.78 is 32.2. The van der Waals surface area contributed by atoms with Crippen molar-refractivity contribution in [2.45, 2.75) is 48.7 Å². The molecule has 1 saturated carbocycles. The Hall–Kier alpha value is -0.960. The fourth-order valence-corrected chi connectivity index (χ4v) is 5.72. The molecule has 0 bridgehead atoms. The molecule has 0 amide bonds. The summed E-state index contributed by atoms with van der Waals surface area (Å²) in [7, 11) is -1.97. The average molecular weight is 390 g/mol. The highest BCUT2D eigenvalue weighted by Crippen LogP contribution is 2.31. The van der Waals surface area contributed by atoms with Crippen molar-refractivity contribution in [2.75, 3.05) is 13.6 Å². The van der Waals surface area contributed by atoms with Crippen LogP contribution in [-0.2, 0) is 16.4 Å². The van der Waals surface area contributed by atoms with Gasteiger partial charge in [-0.3, -0.25) is 0 Å². The van der Waals surface area contributed by atoms with Gasteiger partial charge in [0, 0.05) is 25.9 Å². The van der Waals surface area contributed by atoms with Crippen LogP contribution in [-0.4, -0.2) is 36.5 Å². The SMILES string of the molecule is CN(CCc1noc(C2CCCCC2)n1)S(=O)(=O)c1ccc(Cl)s1. The van der Waals surface area contributed by atoms with Gasteiger partial charge in [0.25, 0.3) is 10.0 Å². The van der Waals surface area contributed by atoms with Crippen molar-refractivity contribution < 1.29 is 12.9 Å². The van der Waals surface area contributed by atoms with Crippen molar-refractivity contribution in [3.8, 4) is 0 Å². The van der Waals surface area contributed by atoms with E-state index in [0.29, 0.717) is 34.9 Å². The van der Waals surface area contributed by atoms with Gasteiger partial charge in [0.05, 0.1) is 4.34 Å². The van der Waals surface area contributed by atoms with Crippen LogP contribution in [0.15, 0.2) is 20.9 Å². The predicted octanol–water partition coefficient (Wildman–Crippen LogP) is 3.70. The summed E-state index contributed by atoms with van der Waals surface area (Å²) in [4.78, 5) is 4.45. The zero-order chi connectivity index (χ0) is 17.2. The third-order valence-corrected chi connectivity index (χ3v) is 7.86. The topological polar surface area (TPSA) is 76.3 Å². The molecular weight excluding hydrogens is 370 g/mol. The second kappa shape index (κ2) is 7.51. The van der Waals surface area contributed by atoms with Gasteiger partial charge in [-0.25, -0.2) is 8.42 Å². The molecule has 1 aliphatic rings. The zero-order valence-corrected chi connectivity index (χ0v) is 15.8. The highest BCUT2D eigenvalue weighted by Gasteiger charge is 2.24. The van der Waals surface area contributed by atoms with Crippen LogP contribution in [0, 0.1) is 0 Å². The second-order valence-corrected chi connectivity index (χ2v) is 10.0. The first-order valence-corrected chi connectivity index (χ1v) is 10.6. The normalized spacial score (nSPS) is 16.8. The molecule has 0 aliphatic heterocycles. The predicted molar refractivity (Wildman–Crippen MR) is 93.0 cm³/mol.